The zero-order chi connectivity index (χ0) is 15.6. The fourth-order valence-electron chi connectivity index (χ4n) is 2.25. The van der Waals surface area contributed by atoms with Gasteiger partial charge in [0.1, 0.15) is 0 Å². The second kappa shape index (κ2) is 7.19. The van der Waals surface area contributed by atoms with Gasteiger partial charge in [-0.05, 0) is 41.5 Å². The van der Waals surface area contributed by atoms with E-state index in [1.807, 2.05) is 0 Å². The van der Waals surface area contributed by atoms with Crippen molar-refractivity contribution in [2.45, 2.75) is 12.0 Å². The summed E-state index contributed by atoms with van der Waals surface area (Å²) in [7, 11) is 0. The number of rotatable bonds is 4. The second-order valence-corrected chi connectivity index (χ2v) is 6.31. The largest absolute Gasteiger partial charge is 0.388 e. The molecule has 2 unspecified atom stereocenters. The third kappa shape index (κ3) is 3.84. The number of aliphatic hydroxyl groups is 1. The molecule has 2 atom stereocenters. The molecule has 0 saturated carbocycles. The maximum Gasteiger partial charge on any atom is 0.0872 e. The van der Waals surface area contributed by atoms with Crippen LogP contribution in [0.25, 0.3) is 0 Å². The first-order chi connectivity index (χ1) is 9.93. The quantitative estimate of drug-likeness (QED) is 0.794. The fraction of sp³-hybridized carbons (Fsp3) is 0.200. The molecule has 0 aromatic heterocycles. The molecule has 6 heteroatoms. The van der Waals surface area contributed by atoms with Crippen molar-refractivity contribution in [3.8, 4) is 0 Å². The summed E-state index contributed by atoms with van der Waals surface area (Å²) in [5, 5.41) is 12.4. The number of benzene rings is 2. The molecule has 21 heavy (non-hydrogen) atoms. The minimum Gasteiger partial charge on any atom is -0.388 e. The monoisotopic (exact) mass is 363 g/mol. The van der Waals surface area contributed by atoms with E-state index in [-0.39, 0.29) is 6.54 Å². The lowest BCUT2D eigenvalue weighted by atomic mass is 9.89. The van der Waals surface area contributed by atoms with Gasteiger partial charge in [0.15, 0.2) is 0 Å². The molecule has 2 aromatic rings. The highest BCUT2D eigenvalue weighted by molar-refractivity contribution is 6.36. The number of hydrogen-bond donors (Lipinski definition) is 2. The summed E-state index contributed by atoms with van der Waals surface area (Å²) in [5.41, 5.74) is 7.00. The van der Waals surface area contributed by atoms with E-state index in [0.717, 1.165) is 0 Å². The molecule has 0 amide bonds. The first-order valence-electron chi connectivity index (χ1n) is 6.22. The van der Waals surface area contributed by atoms with Gasteiger partial charge in [0, 0.05) is 32.6 Å². The van der Waals surface area contributed by atoms with E-state index in [1.54, 1.807) is 36.4 Å². The van der Waals surface area contributed by atoms with Gasteiger partial charge >= 0.3 is 0 Å². The maximum atomic E-state index is 10.6. The topological polar surface area (TPSA) is 46.2 Å². The zero-order valence-corrected chi connectivity index (χ0v) is 13.9. The van der Waals surface area contributed by atoms with Crippen molar-refractivity contribution in [1.82, 2.24) is 0 Å². The first-order valence-corrected chi connectivity index (χ1v) is 7.73. The standard InChI is InChI=1S/C15H13Cl4NO/c16-9-4-8(5-10(17)6-9)15(21)11(7-20)14-12(18)2-1-3-13(14)19/h1-6,11,15,21H,7,20H2. The lowest BCUT2D eigenvalue weighted by molar-refractivity contribution is 0.147. The van der Waals surface area contributed by atoms with Crippen LogP contribution in [0.4, 0.5) is 0 Å². The summed E-state index contributed by atoms with van der Waals surface area (Å²) in [5.74, 6) is -0.458. The molecule has 0 bridgehead atoms. The molecule has 3 N–H and O–H groups in total. The van der Waals surface area contributed by atoms with Gasteiger partial charge in [0.25, 0.3) is 0 Å². The minimum atomic E-state index is -0.913. The Balaban J connectivity index is 2.45. The Morgan fingerprint density at radius 2 is 1.48 bits per heavy atom. The van der Waals surface area contributed by atoms with Crippen LogP contribution in [-0.2, 0) is 0 Å². The van der Waals surface area contributed by atoms with Gasteiger partial charge in [-0.1, -0.05) is 52.5 Å². The third-order valence-electron chi connectivity index (χ3n) is 3.23. The third-order valence-corrected chi connectivity index (χ3v) is 4.33. The van der Waals surface area contributed by atoms with E-state index < -0.39 is 12.0 Å². The van der Waals surface area contributed by atoms with Crippen molar-refractivity contribution in [1.29, 1.82) is 0 Å². The van der Waals surface area contributed by atoms with Gasteiger partial charge in [0.05, 0.1) is 6.10 Å². The summed E-state index contributed by atoms with van der Waals surface area (Å²) in [6, 6.07) is 10.0. The summed E-state index contributed by atoms with van der Waals surface area (Å²) < 4.78 is 0. The van der Waals surface area contributed by atoms with Crippen molar-refractivity contribution in [2.24, 2.45) is 5.73 Å². The maximum absolute atomic E-state index is 10.6. The van der Waals surface area contributed by atoms with E-state index in [0.29, 0.717) is 31.2 Å². The Kier molecular flexibility index (Phi) is 5.78. The Hall–Kier alpha value is -0.480. The second-order valence-electron chi connectivity index (χ2n) is 4.63. The normalized spacial score (nSPS) is 14.0. The summed E-state index contributed by atoms with van der Waals surface area (Å²) in [6.07, 6.45) is -0.913. The molecule has 0 aliphatic carbocycles. The number of nitrogens with two attached hydrogens (primary N) is 1. The van der Waals surface area contributed by atoms with Crippen LogP contribution in [0.1, 0.15) is 23.1 Å². The molecule has 0 aliphatic heterocycles. The number of aliphatic hydroxyl groups excluding tert-OH is 1. The summed E-state index contributed by atoms with van der Waals surface area (Å²) in [6.45, 7) is 0.175. The first kappa shape index (κ1) is 16.9. The summed E-state index contributed by atoms with van der Waals surface area (Å²) >= 11 is 24.3. The molecule has 2 aromatic carbocycles. The molecule has 112 valence electrons. The molecule has 0 fully saturated rings. The Morgan fingerprint density at radius 3 is 1.95 bits per heavy atom. The average molecular weight is 365 g/mol. The fourth-order valence-corrected chi connectivity index (χ4v) is 3.47. The molecule has 0 radical (unpaired) electrons. The van der Waals surface area contributed by atoms with Crippen molar-refractivity contribution in [2.75, 3.05) is 6.54 Å². The van der Waals surface area contributed by atoms with Crippen molar-refractivity contribution >= 4 is 46.4 Å². The molecular weight excluding hydrogens is 352 g/mol. The van der Waals surface area contributed by atoms with Gasteiger partial charge in [0.2, 0.25) is 0 Å². The van der Waals surface area contributed by atoms with Crippen molar-refractivity contribution in [3.05, 3.63) is 67.6 Å². The van der Waals surface area contributed by atoms with Crippen LogP contribution in [0.2, 0.25) is 20.1 Å². The molecule has 2 rings (SSSR count). The highest BCUT2D eigenvalue weighted by atomic mass is 35.5. The highest BCUT2D eigenvalue weighted by Gasteiger charge is 2.26. The minimum absolute atomic E-state index is 0.175. The van der Waals surface area contributed by atoms with Crippen LogP contribution >= 0.6 is 46.4 Å². The lowest BCUT2D eigenvalue weighted by Gasteiger charge is -2.24. The van der Waals surface area contributed by atoms with Gasteiger partial charge in [-0.15, -0.1) is 0 Å². The lowest BCUT2D eigenvalue weighted by Crippen LogP contribution is -2.21. The van der Waals surface area contributed by atoms with E-state index in [4.69, 9.17) is 52.1 Å². The van der Waals surface area contributed by atoms with E-state index in [1.165, 1.54) is 0 Å². The Bertz CT molecular complexity index is 607. The molecule has 0 aliphatic rings. The van der Waals surface area contributed by atoms with E-state index in [2.05, 4.69) is 0 Å². The molecule has 0 saturated heterocycles. The summed E-state index contributed by atoms with van der Waals surface area (Å²) in [4.78, 5) is 0. The molecule has 0 heterocycles. The molecular formula is C15H13Cl4NO. The molecule has 2 nitrogen and oxygen atoms in total. The van der Waals surface area contributed by atoms with E-state index >= 15 is 0 Å². The number of halogens is 4. The Morgan fingerprint density at radius 1 is 0.952 bits per heavy atom. The van der Waals surface area contributed by atoms with E-state index in [9.17, 15) is 5.11 Å². The smallest absolute Gasteiger partial charge is 0.0872 e. The predicted molar refractivity (Wildman–Crippen MR) is 89.7 cm³/mol. The average Bonchev–Trinajstić information content (AvgIpc) is 2.41. The van der Waals surface area contributed by atoms with Crippen LogP contribution in [-0.4, -0.2) is 11.7 Å². The Labute approximate surface area is 143 Å². The van der Waals surface area contributed by atoms with Gasteiger partial charge in [-0.3, -0.25) is 0 Å². The van der Waals surface area contributed by atoms with Crippen LogP contribution in [0, 0.1) is 0 Å². The van der Waals surface area contributed by atoms with Crippen LogP contribution in [0.3, 0.4) is 0 Å². The van der Waals surface area contributed by atoms with Crippen LogP contribution in [0.5, 0.6) is 0 Å². The van der Waals surface area contributed by atoms with Crippen molar-refractivity contribution in [3.63, 3.8) is 0 Å². The van der Waals surface area contributed by atoms with Crippen LogP contribution < -0.4 is 5.73 Å². The van der Waals surface area contributed by atoms with Gasteiger partial charge < -0.3 is 10.8 Å². The van der Waals surface area contributed by atoms with Gasteiger partial charge in [-0.25, -0.2) is 0 Å². The van der Waals surface area contributed by atoms with Crippen molar-refractivity contribution < 1.29 is 5.11 Å². The van der Waals surface area contributed by atoms with Gasteiger partial charge in [-0.2, -0.15) is 0 Å². The highest BCUT2D eigenvalue weighted by Crippen LogP contribution is 2.39. The predicted octanol–water partition coefficient (Wildman–Crippen LogP) is 5.08. The SMILES string of the molecule is NCC(c1c(Cl)cccc1Cl)C(O)c1cc(Cl)cc(Cl)c1. The molecule has 0 spiro atoms. The number of hydrogen-bond acceptors (Lipinski definition) is 2. The van der Waals surface area contributed by atoms with Crippen LogP contribution in [0.15, 0.2) is 36.4 Å². The zero-order valence-electron chi connectivity index (χ0n) is 10.9.